The van der Waals surface area contributed by atoms with Crippen molar-refractivity contribution in [3.63, 3.8) is 0 Å². The van der Waals surface area contributed by atoms with Gasteiger partial charge in [0, 0.05) is 16.8 Å². The molecule has 0 fully saturated rings. The van der Waals surface area contributed by atoms with Crippen molar-refractivity contribution in [2.24, 2.45) is 0 Å². The Balaban J connectivity index is 1.45. The summed E-state index contributed by atoms with van der Waals surface area (Å²) >= 11 is 0. The predicted molar refractivity (Wildman–Crippen MR) is 159 cm³/mol. The summed E-state index contributed by atoms with van der Waals surface area (Å²) in [6.45, 7) is 0. The Labute approximate surface area is 216 Å². The number of anilines is 3. The lowest BCUT2D eigenvalue weighted by Crippen LogP contribution is -2.10. The molecular formula is C36H25N. The third-order valence-electron chi connectivity index (χ3n) is 7.23. The highest BCUT2D eigenvalue weighted by atomic mass is 15.1. The molecule has 1 nitrogen and oxygen atoms in total. The molecule has 1 heteroatoms. The van der Waals surface area contributed by atoms with Crippen LogP contribution in [-0.4, -0.2) is 0 Å². The lowest BCUT2D eigenvalue weighted by molar-refractivity contribution is 1.30. The average molecular weight is 472 g/mol. The third-order valence-corrected chi connectivity index (χ3v) is 7.23. The molecule has 37 heavy (non-hydrogen) atoms. The van der Waals surface area contributed by atoms with Crippen molar-refractivity contribution in [2.45, 2.75) is 0 Å². The van der Waals surface area contributed by atoms with E-state index in [2.05, 4.69) is 157 Å². The fourth-order valence-corrected chi connectivity index (χ4v) is 5.39. The van der Waals surface area contributed by atoms with E-state index in [0.29, 0.717) is 0 Å². The first-order valence-electron chi connectivity index (χ1n) is 12.7. The van der Waals surface area contributed by atoms with E-state index < -0.39 is 0 Å². The first-order valence-corrected chi connectivity index (χ1v) is 12.7. The largest absolute Gasteiger partial charge is 0.310 e. The molecule has 0 bridgehead atoms. The summed E-state index contributed by atoms with van der Waals surface area (Å²) in [5.41, 5.74) is 5.89. The summed E-state index contributed by atoms with van der Waals surface area (Å²) in [6.07, 6.45) is 0. The normalized spacial score (nSPS) is 11.2. The third kappa shape index (κ3) is 3.82. The Morgan fingerprint density at radius 3 is 1.65 bits per heavy atom. The molecule has 0 N–H and O–H groups in total. The fourth-order valence-electron chi connectivity index (χ4n) is 5.39. The second-order valence-corrected chi connectivity index (χ2v) is 9.44. The van der Waals surface area contributed by atoms with E-state index in [-0.39, 0.29) is 0 Å². The lowest BCUT2D eigenvalue weighted by Gasteiger charge is -2.27. The summed E-state index contributed by atoms with van der Waals surface area (Å²) in [4.78, 5) is 2.39. The zero-order valence-corrected chi connectivity index (χ0v) is 20.4. The van der Waals surface area contributed by atoms with Crippen LogP contribution in [0.2, 0.25) is 0 Å². The van der Waals surface area contributed by atoms with Crippen molar-refractivity contribution >= 4 is 49.4 Å². The summed E-state index contributed by atoms with van der Waals surface area (Å²) in [7, 11) is 0. The fraction of sp³-hybridized carbons (Fsp3) is 0. The minimum absolute atomic E-state index is 1.13. The smallest absolute Gasteiger partial charge is 0.0540 e. The molecule has 7 aromatic carbocycles. The molecule has 7 aromatic rings. The zero-order valence-electron chi connectivity index (χ0n) is 20.4. The maximum atomic E-state index is 2.39. The first kappa shape index (κ1) is 21.4. The summed E-state index contributed by atoms with van der Waals surface area (Å²) < 4.78 is 0. The lowest BCUT2D eigenvalue weighted by atomic mass is 10.00. The van der Waals surface area contributed by atoms with Crippen molar-refractivity contribution in [3.8, 4) is 11.1 Å². The topological polar surface area (TPSA) is 3.24 Å². The molecule has 0 aliphatic rings. The van der Waals surface area contributed by atoms with Gasteiger partial charge in [0.1, 0.15) is 0 Å². The monoisotopic (exact) mass is 471 g/mol. The summed E-state index contributed by atoms with van der Waals surface area (Å²) in [5.74, 6) is 0. The van der Waals surface area contributed by atoms with Crippen molar-refractivity contribution in [1.82, 2.24) is 0 Å². The van der Waals surface area contributed by atoms with E-state index in [1.165, 1.54) is 49.1 Å². The molecule has 0 saturated heterocycles. The van der Waals surface area contributed by atoms with E-state index in [4.69, 9.17) is 0 Å². The molecular weight excluding hydrogens is 446 g/mol. The second-order valence-electron chi connectivity index (χ2n) is 9.44. The Hall–Kier alpha value is -4.88. The van der Waals surface area contributed by atoms with Gasteiger partial charge in [0.15, 0.2) is 0 Å². The van der Waals surface area contributed by atoms with Crippen LogP contribution in [0.5, 0.6) is 0 Å². The summed E-state index contributed by atoms with van der Waals surface area (Å²) in [5, 5.41) is 7.52. The number of hydrogen-bond acceptors (Lipinski definition) is 1. The molecule has 174 valence electrons. The minimum atomic E-state index is 1.13. The van der Waals surface area contributed by atoms with Gasteiger partial charge in [-0.2, -0.15) is 0 Å². The van der Waals surface area contributed by atoms with Gasteiger partial charge in [0.2, 0.25) is 0 Å². The minimum Gasteiger partial charge on any atom is -0.310 e. The Bertz CT molecular complexity index is 1860. The van der Waals surface area contributed by atoms with Crippen LogP contribution < -0.4 is 4.90 Å². The zero-order chi connectivity index (χ0) is 24.6. The van der Waals surface area contributed by atoms with Gasteiger partial charge in [-0.05, 0) is 68.4 Å². The van der Waals surface area contributed by atoms with Crippen LogP contribution in [-0.2, 0) is 0 Å². The molecule has 0 spiro atoms. The predicted octanol–water partition coefficient (Wildman–Crippen LogP) is 10.3. The number of fused-ring (bicyclic) bond motifs is 4. The van der Waals surface area contributed by atoms with Crippen LogP contribution in [0.1, 0.15) is 0 Å². The van der Waals surface area contributed by atoms with E-state index in [9.17, 15) is 0 Å². The number of hydrogen-bond donors (Lipinski definition) is 0. The van der Waals surface area contributed by atoms with Gasteiger partial charge in [-0.1, -0.05) is 121 Å². The van der Waals surface area contributed by atoms with Crippen molar-refractivity contribution in [3.05, 3.63) is 152 Å². The van der Waals surface area contributed by atoms with Gasteiger partial charge in [0.05, 0.1) is 5.69 Å². The highest BCUT2D eigenvalue weighted by Crippen LogP contribution is 2.41. The van der Waals surface area contributed by atoms with E-state index in [1.54, 1.807) is 0 Å². The van der Waals surface area contributed by atoms with Gasteiger partial charge in [-0.3, -0.25) is 0 Å². The van der Waals surface area contributed by atoms with Crippen LogP contribution in [0, 0.1) is 0 Å². The summed E-state index contributed by atoms with van der Waals surface area (Å²) in [6, 6.07) is 54.5. The quantitative estimate of drug-likeness (QED) is 0.231. The molecule has 0 aromatic heterocycles. The van der Waals surface area contributed by atoms with Crippen LogP contribution in [0.4, 0.5) is 17.1 Å². The molecule has 0 aliphatic carbocycles. The van der Waals surface area contributed by atoms with Crippen LogP contribution >= 0.6 is 0 Å². The molecule has 0 unspecified atom stereocenters. The Morgan fingerprint density at radius 2 is 0.865 bits per heavy atom. The second kappa shape index (κ2) is 8.96. The Morgan fingerprint density at radius 1 is 0.324 bits per heavy atom. The molecule has 0 atom stereocenters. The van der Waals surface area contributed by atoms with Gasteiger partial charge >= 0.3 is 0 Å². The van der Waals surface area contributed by atoms with E-state index in [0.717, 1.165) is 11.4 Å². The average Bonchev–Trinajstić information content (AvgIpc) is 2.98. The van der Waals surface area contributed by atoms with Crippen molar-refractivity contribution < 1.29 is 0 Å². The van der Waals surface area contributed by atoms with Gasteiger partial charge in [-0.25, -0.2) is 0 Å². The van der Waals surface area contributed by atoms with Crippen molar-refractivity contribution in [1.29, 1.82) is 0 Å². The molecule has 0 heterocycles. The highest BCUT2D eigenvalue weighted by Gasteiger charge is 2.16. The maximum Gasteiger partial charge on any atom is 0.0540 e. The van der Waals surface area contributed by atoms with Crippen LogP contribution in [0.3, 0.4) is 0 Å². The maximum absolute atomic E-state index is 2.39. The van der Waals surface area contributed by atoms with E-state index >= 15 is 0 Å². The highest BCUT2D eigenvalue weighted by molar-refractivity contribution is 6.09. The number of nitrogens with zero attached hydrogens (tertiary/aromatic N) is 1. The van der Waals surface area contributed by atoms with Gasteiger partial charge in [0.25, 0.3) is 0 Å². The van der Waals surface area contributed by atoms with Gasteiger partial charge < -0.3 is 4.90 Å². The molecule has 0 saturated carbocycles. The van der Waals surface area contributed by atoms with E-state index in [1.807, 2.05) is 0 Å². The van der Waals surface area contributed by atoms with Crippen LogP contribution in [0.25, 0.3) is 43.4 Å². The molecule has 0 amide bonds. The molecule has 0 radical (unpaired) electrons. The van der Waals surface area contributed by atoms with Crippen molar-refractivity contribution in [2.75, 3.05) is 4.90 Å². The van der Waals surface area contributed by atoms with Crippen LogP contribution in [0.15, 0.2) is 152 Å². The van der Waals surface area contributed by atoms with Gasteiger partial charge in [-0.15, -0.1) is 0 Å². The first-order chi connectivity index (χ1) is 18.3. The number of benzene rings is 7. The SMILES string of the molecule is c1ccc(-c2ccc(N(c3ccc4ccc5ccccc5c4c3)c3cccc4ccccc34)cc2)cc1. The number of rotatable bonds is 4. The molecule has 7 rings (SSSR count). The molecule has 0 aliphatic heterocycles. The Kier molecular flexibility index (Phi) is 5.19. The standard InChI is InChI=1S/C36H25N/c1-2-9-26(10-3-1)27-19-22-31(23-20-27)37(36-16-8-13-28-11-5-7-15-34(28)36)32-24-21-30-18-17-29-12-4-6-14-33(29)35(30)25-32/h1-25H.